The number of ether oxygens (including phenoxy) is 1. The van der Waals surface area contributed by atoms with Crippen LogP contribution in [0, 0.1) is 5.92 Å². The lowest BCUT2D eigenvalue weighted by molar-refractivity contribution is -0.311. The van der Waals surface area contributed by atoms with E-state index < -0.39 is 11.9 Å². The summed E-state index contributed by atoms with van der Waals surface area (Å²) in [6, 6.07) is 7.46. The molecule has 0 aromatic heterocycles. The van der Waals surface area contributed by atoms with E-state index in [2.05, 4.69) is 0 Å². The van der Waals surface area contributed by atoms with Crippen LogP contribution in [0.5, 0.6) is 5.75 Å². The van der Waals surface area contributed by atoms with Gasteiger partial charge in [-0.2, -0.15) is 0 Å². The van der Waals surface area contributed by atoms with Crippen molar-refractivity contribution >= 4 is 11.9 Å². The second-order valence-electron chi connectivity index (χ2n) is 4.57. The molecule has 19 heavy (non-hydrogen) atoms. The van der Waals surface area contributed by atoms with Crippen LogP contribution in [0.3, 0.4) is 0 Å². The third kappa shape index (κ3) is 3.24. The monoisotopic (exact) mass is 262 g/mol. The molecule has 1 atom stereocenters. The zero-order valence-electron chi connectivity index (χ0n) is 10.8. The Morgan fingerprint density at radius 2 is 2.32 bits per heavy atom. The zero-order valence-corrected chi connectivity index (χ0v) is 10.8. The molecule has 0 unspecified atom stereocenters. The predicted octanol–water partition coefficient (Wildman–Crippen LogP) is 0.184. The number of likely N-dealkylation sites (tertiary alicyclic amines) is 1. The molecule has 2 rings (SSSR count). The van der Waals surface area contributed by atoms with Gasteiger partial charge in [0.2, 0.25) is 5.91 Å². The summed E-state index contributed by atoms with van der Waals surface area (Å²) in [4.78, 5) is 24.0. The largest absolute Gasteiger partial charge is 0.550 e. The molecule has 0 N–H and O–H groups in total. The SMILES string of the molecule is CCOc1cccc(CN2C[C@@H](C(=O)[O-])CC2=O)c1. The average molecular weight is 262 g/mol. The van der Waals surface area contributed by atoms with E-state index >= 15 is 0 Å². The van der Waals surface area contributed by atoms with Crippen molar-refractivity contribution in [3.63, 3.8) is 0 Å². The molecule has 0 radical (unpaired) electrons. The molecular formula is C14H16NO4-. The molecule has 0 bridgehead atoms. The van der Waals surface area contributed by atoms with E-state index in [1.165, 1.54) is 0 Å². The van der Waals surface area contributed by atoms with Gasteiger partial charge in [0.15, 0.2) is 0 Å². The number of nitrogens with zero attached hydrogens (tertiary/aromatic N) is 1. The Morgan fingerprint density at radius 3 is 2.95 bits per heavy atom. The van der Waals surface area contributed by atoms with E-state index in [-0.39, 0.29) is 18.9 Å². The van der Waals surface area contributed by atoms with Gasteiger partial charge in [0.1, 0.15) is 5.75 Å². The summed E-state index contributed by atoms with van der Waals surface area (Å²) in [7, 11) is 0. The van der Waals surface area contributed by atoms with Gasteiger partial charge in [-0.25, -0.2) is 0 Å². The zero-order chi connectivity index (χ0) is 13.8. The highest BCUT2D eigenvalue weighted by atomic mass is 16.5. The molecule has 0 spiro atoms. The lowest BCUT2D eigenvalue weighted by Crippen LogP contribution is -2.33. The molecule has 1 saturated heterocycles. The van der Waals surface area contributed by atoms with Crippen LogP contribution in [-0.4, -0.2) is 29.9 Å². The highest BCUT2D eigenvalue weighted by molar-refractivity contribution is 5.85. The summed E-state index contributed by atoms with van der Waals surface area (Å²) < 4.78 is 5.39. The Balaban J connectivity index is 2.03. The van der Waals surface area contributed by atoms with Crippen LogP contribution < -0.4 is 9.84 Å². The molecule has 5 heteroatoms. The number of aliphatic carboxylic acids is 1. The first-order valence-corrected chi connectivity index (χ1v) is 6.30. The van der Waals surface area contributed by atoms with E-state index in [0.717, 1.165) is 11.3 Å². The fourth-order valence-corrected chi connectivity index (χ4v) is 2.20. The number of hydrogen-bond donors (Lipinski definition) is 0. The van der Waals surface area contributed by atoms with Crippen molar-refractivity contribution in [3.05, 3.63) is 29.8 Å². The molecule has 1 heterocycles. The van der Waals surface area contributed by atoms with Gasteiger partial charge in [-0.05, 0) is 24.6 Å². The molecule has 1 aliphatic rings. The minimum Gasteiger partial charge on any atom is -0.550 e. The summed E-state index contributed by atoms with van der Waals surface area (Å²) in [5, 5.41) is 10.8. The summed E-state index contributed by atoms with van der Waals surface area (Å²) in [5.41, 5.74) is 0.929. The number of carbonyl (C=O) groups excluding carboxylic acids is 2. The molecule has 1 aromatic carbocycles. The van der Waals surface area contributed by atoms with Crippen LogP contribution in [0.2, 0.25) is 0 Å². The van der Waals surface area contributed by atoms with Crippen molar-refractivity contribution in [2.24, 2.45) is 5.92 Å². The summed E-state index contributed by atoms with van der Waals surface area (Å²) in [5.74, 6) is -1.24. The van der Waals surface area contributed by atoms with Crippen molar-refractivity contribution in [1.82, 2.24) is 4.90 Å². The standard InChI is InChI=1S/C14H17NO4/c1-2-19-12-5-3-4-10(6-12)8-15-9-11(14(17)18)7-13(15)16/h3-6,11H,2,7-9H2,1H3,(H,17,18)/p-1/t11-/m0/s1. The number of carbonyl (C=O) groups is 2. The van der Waals surface area contributed by atoms with Gasteiger partial charge in [-0.1, -0.05) is 12.1 Å². The first-order chi connectivity index (χ1) is 9.10. The van der Waals surface area contributed by atoms with Crippen LogP contribution in [0.1, 0.15) is 18.9 Å². The Hall–Kier alpha value is -2.04. The van der Waals surface area contributed by atoms with Crippen molar-refractivity contribution in [3.8, 4) is 5.75 Å². The number of carboxylic acids is 1. The number of benzene rings is 1. The van der Waals surface area contributed by atoms with Crippen molar-refractivity contribution < 1.29 is 19.4 Å². The maximum Gasteiger partial charge on any atom is 0.223 e. The quantitative estimate of drug-likeness (QED) is 0.759. The van der Waals surface area contributed by atoms with Crippen LogP contribution in [0.4, 0.5) is 0 Å². The molecule has 1 aliphatic heterocycles. The number of amides is 1. The van der Waals surface area contributed by atoms with Crippen LogP contribution in [-0.2, 0) is 16.1 Å². The normalized spacial score (nSPS) is 18.7. The van der Waals surface area contributed by atoms with E-state index in [1.807, 2.05) is 31.2 Å². The molecule has 1 fully saturated rings. The first-order valence-electron chi connectivity index (χ1n) is 6.30. The highest BCUT2D eigenvalue weighted by Gasteiger charge is 2.30. The fraction of sp³-hybridized carbons (Fsp3) is 0.429. The Labute approximate surface area is 111 Å². The molecular weight excluding hydrogens is 246 g/mol. The van der Waals surface area contributed by atoms with E-state index in [1.54, 1.807) is 4.90 Å². The second kappa shape index (κ2) is 5.73. The predicted molar refractivity (Wildman–Crippen MR) is 66.1 cm³/mol. The highest BCUT2D eigenvalue weighted by Crippen LogP contribution is 2.21. The molecule has 0 aliphatic carbocycles. The van der Waals surface area contributed by atoms with Gasteiger partial charge in [-0.3, -0.25) is 4.79 Å². The van der Waals surface area contributed by atoms with Gasteiger partial charge in [0, 0.05) is 31.4 Å². The van der Waals surface area contributed by atoms with Crippen LogP contribution >= 0.6 is 0 Å². The third-order valence-electron chi connectivity index (χ3n) is 3.13. The minimum absolute atomic E-state index is 0.0352. The first kappa shape index (κ1) is 13.4. The minimum atomic E-state index is -1.15. The van der Waals surface area contributed by atoms with E-state index in [9.17, 15) is 14.7 Å². The topological polar surface area (TPSA) is 69.7 Å². The Morgan fingerprint density at radius 1 is 1.53 bits per heavy atom. The lowest BCUT2D eigenvalue weighted by Gasteiger charge is -2.17. The van der Waals surface area contributed by atoms with Crippen molar-refractivity contribution in [2.75, 3.05) is 13.2 Å². The number of rotatable bonds is 5. The molecule has 0 saturated carbocycles. The van der Waals surface area contributed by atoms with Gasteiger partial charge in [0.25, 0.3) is 0 Å². The van der Waals surface area contributed by atoms with Crippen LogP contribution in [0.15, 0.2) is 24.3 Å². The summed E-state index contributed by atoms with van der Waals surface area (Å²) in [6.07, 6.45) is 0.0352. The smallest absolute Gasteiger partial charge is 0.223 e. The maximum atomic E-state index is 11.7. The summed E-state index contributed by atoms with van der Waals surface area (Å²) >= 11 is 0. The molecule has 102 valence electrons. The van der Waals surface area contributed by atoms with Gasteiger partial charge >= 0.3 is 0 Å². The van der Waals surface area contributed by atoms with Gasteiger partial charge in [-0.15, -0.1) is 0 Å². The lowest BCUT2D eigenvalue weighted by atomic mass is 10.1. The second-order valence-corrected chi connectivity index (χ2v) is 4.57. The maximum absolute atomic E-state index is 11.7. The van der Waals surface area contributed by atoms with Gasteiger partial charge < -0.3 is 19.5 Å². The van der Waals surface area contributed by atoms with E-state index in [0.29, 0.717) is 13.2 Å². The third-order valence-corrected chi connectivity index (χ3v) is 3.13. The van der Waals surface area contributed by atoms with Crippen LogP contribution in [0.25, 0.3) is 0 Å². The number of carboxylic acid groups (broad SMARTS) is 1. The molecule has 5 nitrogen and oxygen atoms in total. The van der Waals surface area contributed by atoms with Crippen molar-refractivity contribution in [1.29, 1.82) is 0 Å². The van der Waals surface area contributed by atoms with E-state index in [4.69, 9.17) is 4.74 Å². The number of hydrogen-bond acceptors (Lipinski definition) is 4. The fourth-order valence-electron chi connectivity index (χ4n) is 2.20. The summed E-state index contributed by atoms with van der Waals surface area (Å²) in [6.45, 7) is 3.11. The van der Waals surface area contributed by atoms with Crippen molar-refractivity contribution in [2.45, 2.75) is 19.9 Å². The molecule has 1 aromatic rings. The molecule has 1 amide bonds. The Kier molecular flexibility index (Phi) is 4.04. The van der Waals surface area contributed by atoms with Gasteiger partial charge in [0.05, 0.1) is 6.61 Å². The average Bonchev–Trinajstić information content (AvgIpc) is 2.72. The Bertz CT molecular complexity index is 486.